The van der Waals surface area contributed by atoms with Gasteiger partial charge in [-0.3, -0.25) is 0 Å². The predicted molar refractivity (Wildman–Crippen MR) is 39.5 cm³/mol. The molecular weight excluding hydrogens is 114 g/mol. The molecule has 0 radical (unpaired) electrons. The fourth-order valence-electron chi connectivity index (χ4n) is 0.959. The minimum Gasteiger partial charge on any atom is -0.329 e. The Morgan fingerprint density at radius 1 is 1.50 bits per heavy atom. The first kappa shape index (κ1) is 3.37. The largest absolute Gasteiger partial charge is 0.329 e. The molecule has 0 amide bonds. The molecule has 1 rings (SSSR count). The molecule has 1 nitrogen and oxygen atoms in total. The minimum atomic E-state index is -1.99. The van der Waals surface area contributed by atoms with E-state index in [0.717, 1.165) is 18.5 Å². The Kier molecular flexibility index (Phi) is 0.778. The van der Waals surface area contributed by atoms with Crippen molar-refractivity contribution in [1.29, 1.82) is 0 Å². The number of hydrogen-bond donors (Lipinski definition) is 0. The van der Waals surface area contributed by atoms with Crippen LogP contribution in [0.1, 0.15) is 10.5 Å². The highest BCUT2D eigenvalue weighted by Gasteiger charge is 2.36. The van der Waals surface area contributed by atoms with Crippen LogP contribution in [0.3, 0.4) is 0 Å². The third-order valence-electron chi connectivity index (χ3n) is 2.04. The molecule has 0 spiro atoms. The zero-order valence-electron chi connectivity index (χ0n) is 8.57. The van der Waals surface area contributed by atoms with Crippen LogP contribution in [0.5, 0.6) is 0 Å². The molecular formula is C6H15NSi. The van der Waals surface area contributed by atoms with Crippen molar-refractivity contribution in [3.8, 4) is 0 Å². The van der Waals surface area contributed by atoms with E-state index < -0.39 is 14.7 Å². The lowest BCUT2D eigenvalue weighted by molar-refractivity contribution is 0.574. The Balaban J connectivity index is 2.76. The third-order valence-corrected chi connectivity index (χ3v) is 6.11. The van der Waals surface area contributed by atoms with Gasteiger partial charge in [0.1, 0.15) is 8.24 Å². The average molecular weight is 132 g/mol. The molecule has 0 bridgehead atoms. The van der Waals surface area contributed by atoms with E-state index in [1.54, 1.807) is 0 Å². The lowest BCUT2D eigenvalue weighted by Gasteiger charge is -2.41. The zero-order valence-corrected chi connectivity index (χ0v) is 6.57. The summed E-state index contributed by atoms with van der Waals surface area (Å²) in [4.78, 5) is 0. The first-order chi connectivity index (χ1) is 4.90. The summed E-state index contributed by atoms with van der Waals surface area (Å²) in [5, 5.41) is 0. The first-order valence-electron chi connectivity index (χ1n) is 4.58. The maximum Gasteiger partial charge on any atom is 0.124 e. The van der Waals surface area contributed by atoms with Crippen molar-refractivity contribution in [3.63, 3.8) is 0 Å². The standard InChI is InChI=1S/C6H15NSi/c1-7(2)8(3)5-4-6-8/h4-6H2,1-3H3/i3D3. The molecule has 0 N–H and O–H groups in total. The van der Waals surface area contributed by atoms with Gasteiger partial charge in [-0.1, -0.05) is 12.9 Å². The first-order valence-corrected chi connectivity index (χ1v) is 5.44. The van der Waals surface area contributed by atoms with Gasteiger partial charge in [0.2, 0.25) is 0 Å². The van der Waals surface area contributed by atoms with Gasteiger partial charge in [-0.25, -0.2) is 0 Å². The van der Waals surface area contributed by atoms with Gasteiger partial charge in [0.25, 0.3) is 0 Å². The Bertz CT molecular complexity index is 150. The fraction of sp³-hybridized carbons (Fsp3) is 1.00. The summed E-state index contributed by atoms with van der Waals surface area (Å²) in [6.45, 7) is -1.67. The van der Waals surface area contributed by atoms with E-state index in [4.69, 9.17) is 4.11 Å². The highest BCUT2D eigenvalue weighted by molar-refractivity contribution is 6.78. The number of rotatable bonds is 1. The second kappa shape index (κ2) is 1.85. The Hall–Kier alpha value is 0.177. The molecule has 0 aliphatic carbocycles. The van der Waals surface area contributed by atoms with Gasteiger partial charge in [-0.15, -0.1) is 0 Å². The van der Waals surface area contributed by atoms with Gasteiger partial charge in [0, 0.05) is 4.11 Å². The summed E-state index contributed by atoms with van der Waals surface area (Å²) in [6.07, 6.45) is 1.11. The van der Waals surface area contributed by atoms with Gasteiger partial charge in [0.15, 0.2) is 0 Å². The predicted octanol–water partition coefficient (Wildman–Crippen LogP) is 1.53. The SMILES string of the molecule is [2H]C([2H])([2H])[Si]1(N(C)C)CCC1. The van der Waals surface area contributed by atoms with Crippen molar-refractivity contribution in [3.05, 3.63) is 0 Å². The topological polar surface area (TPSA) is 3.24 Å². The van der Waals surface area contributed by atoms with E-state index in [2.05, 4.69) is 0 Å². The summed E-state index contributed by atoms with van der Waals surface area (Å²) >= 11 is 0. The maximum atomic E-state index is 7.42. The van der Waals surface area contributed by atoms with Crippen LogP contribution in [0, 0.1) is 0 Å². The van der Waals surface area contributed by atoms with Gasteiger partial charge in [0.05, 0.1) is 0 Å². The van der Waals surface area contributed by atoms with E-state index in [1.165, 1.54) is 0 Å². The molecule has 0 aromatic carbocycles. The normalized spacial score (nSPS) is 32.6. The van der Waals surface area contributed by atoms with Gasteiger partial charge >= 0.3 is 0 Å². The zero-order chi connectivity index (χ0) is 8.70. The molecule has 0 aromatic heterocycles. The number of nitrogens with zero attached hydrogens (tertiary/aromatic N) is 1. The Morgan fingerprint density at radius 3 is 2.12 bits per heavy atom. The van der Waals surface area contributed by atoms with Crippen molar-refractivity contribution in [2.75, 3.05) is 14.1 Å². The molecule has 1 fully saturated rings. The molecule has 1 heterocycles. The molecule has 8 heavy (non-hydrogen) atoms. The van der Waals surface area contributed by atoms with Crippen LogP contribution in [0.2, 0.25) is 18.6 Å². The van der Waals surface area contributed by atoms with Crippen LogP contribution in [0.25, 0.3) is 0 Å². The summed E-state index contributed by atoms with van der Waals surface area (Å²) in [5.41, 5.74) is 0. The summed E-state index contributed by atoms with van der Waals surface area (Å²) in [6, 6.07) is 1.91. The lowest BCUT2D eigenvalue weighted by atomic mass is 10.5. The smallest absolute Gasteiger partial charge is 0.124 e. The number of hydrogen-bond acceptors (Lipinski definition) is 1. The van der Waals surface area contributed by atoms with Crippen LogP contribution < -0.4 is 0 Å². The van der Waals surface area contributed by atoms with E-state index in [1.807, 2.05) is 18.7 Å². The highest BCUT2D eigenvalue weighted by Crippen LogP contribution is 2.32. The monoisotopic (exact) mass is 132 g/mol. The molecule has 0 atom stereocenters. The van der Waals surface area contributed by atoms with Gasteiger partial charge in [-0.05, 0) is 26.2 Å². The van der Waals surface area contributed by atoms with Crippen LogP contribution >= 0.6 is 0 Å². The van der Waals surface area contributed by atoms with E-state index in [9.17, 15) is 0 Å². The molecule has 0 aromatic rings. The molecule has 1 saturated heterocycles. The molecule has 2 heteroatoms. The molecule has 0 saturated carbocycles. The quantitative estimate of drug-likeness (QED) is 0.489. The molecule has 48 valence electrons. The second-order valence-corrected chi connectivity index (χ2v) is 6.74. The summed E-state index contributed by atoms with van der Waals surface area (Å²) in [7, 11) is 1.84. The van der Waals surface area contributed by atoms with Crippen LogP contribution in [-0.4, -0.2) is 26.9 Å². The maximum absolute atomic E-state index is 7.42. The third kappa shape index (κ3) is 0.824. The highest BCUT2D eigenvalue weighted by atomic mass is 28.3. The van der Waals surface area contributed by atoms with E-state index in [0.29, 0.717) is 0 Å². The van der Waals surface area contributed by atoms with Crippen molar-refractivity contribution < 1.29 is 4.11 Å². The van der Waals surface area contributed by atoms with Crippen LogP contribution in [0.4, 0.5) is 0 Å². The van der Waals surface area contributed by atoms with Crippen LogP contribution in [0.15, 0.2) is 0 Å². The van der Waals surface area contributed by atoms with Crippen molar-refractivity contribution in [2.45, 2.75) is 25.0 Å². The van der Waals surface area contributed by atoms with Crippen molar-refractivity contribution >= 4 is 8.24 Å². The molecule has 1 aliphatic rings. The van der Waals surface area contributed by atoms with E-state index >= 15 is 0 Å². The van der Waals surface area contributed by atoms with E-state index in [-0.39, 0.29) is 0 Å². The summed E-state index contributed by atoms with van der Waals surface area (Å²) < 4.78 is 24.3. The minimum absolute atomic E-state index is 0.955. The van der Waals surface area contributed by atoms with Gasteiger partial charge in [-0.2, -0.15) is 0 Å². The fourth-order valence-corrected chi connectivity index (χ4v) is 2.88. The second-order valence-electron chi connectivity index (χ2n) is 2.78. The Morgan fingerprint density at radius 2 is 2.12 bits per heavy atom. The van der Waals surface area contributed by atoms with Gasteiger partial charge < -0.3 is 4.57 Å². The summed E-state index contributed by atoms with van der Waals surface area (Å²) in [5.74, 6) is 0. The molecule has 1 aliphatic heterocycles. The molecule has 0 unspecified atom stereocenters. The van der Waals surface area contributed by atoms with Crippen LogP contribution in [-0.2, 0) is 0 Å². The Labute approximate surface area is 57.0 Å². The lowest BCUT2D eigenvalue weighted by Crippen LogP contribution is -2.51. The van der Waals surface area contributed by atoms with Crippen molar-refractivity contribution in [2.24, 2.45) is 0 Å². The van der Waals surface area contributed by atoms with Crippen molar-refractivity contribution in [1.82, 2.24) is 4.57 Å². The average Bonchev–Trinajstić information content (AvgIpc) is 1.52.